The fourth-order valence-electron chi connectivity index (χ4n) is 1.22. The van der Waals surface area contributed by atoms with E-state index in [1.54, 1.807) is 12.1 Å². The van der Waals surface area contributed by atoms with Crippen LogP contribution in [0.5, 0.6) is 5.75 Å². The summed E-state index contributed by atoms with van der Waals surface area (Å²) in [5, 5.41) is 14.6. The molecule has 0 unspecified atom stereocenters. The summed E-state index contributed by atoms with van der Waals surface area (Å²) in [6.45, 7) is 0.627. The van der Waals surface area contributed by atoms with E-state index in [-0.39, 0.29) is 19.0 Å². The van der Waals surface area contributed by atoms with Gasteiger partial charge in [0, 0.05) is 18.7 Å². The van der Waals surface area contributed by atoms with Crippen LogP contribution in [0.2, 0.25) is 0 Å². The largest absolute Gasteiger partial charge is 0.497 e. The van der Waals surface area contributed by atoms with Gasteiger partial charge in [0.2, 0.25) is 0 Å². The second-order valence-electron chi connectivity index (χ2n) is 3.29. The van der Waals surface area contributed by atoms with Gasteiger partial charge in [-0.15, -0.1) is 0 Å². The molecular weight excluding hydrogens is 243 g/mol. The Morgan fingerprint density at radius 3 is 2.88 bits per heavy atom. The molecule has 0 saturated heterocycles. The van der Waals surface area contributed by atoms with Gasteiger partial charge in [0.25, 0.3) is 0 Å². The number of hydrogen-bond acceptors (Lipinski definition) is 3. The van der Waals surface area contributed by atoms with E-state index in [1.807, 2.05) is 0 Å². The molecule has 17 heavy (non-hydrogen) atoms. The standard InChI is InChI=1S/C11H15FN2O2S/c1-16-9-2-3-10(12)8(6-9)7-14-11(17)13-4-5-15/h2-3,6,15H,4-5,7H2,1H3,(H2,13,14,17). The van der Waals surface area contributed by atoms with Crippen LogP contribution in [-0.2, 0) is 6.54 Å². The molecule has 0 aliphatic rings. The number of aliphatic hydroxyl groups excluding tert-OH is 1. The summed E-state index contributed by atoms with van der Waals surface area (Å²) < 4.78 is 18.4. The van der Waals surface area contributed by atoms with Crippen molar-refractivity contribution in [2.45, 2.75) is 6.54 Å². The highest BCUT2D eigenvalue weighted by Crippen LogP contribution is 2.16. The molecule has 0 saturated carbocycles. The van der Waals surface area contributed by atoms with E-state index in [0.29, 0.717) is 23.0 Å². The molecule has 3 N–H and O–H groups in total. The van der Waals surface area contributed by atoms with Crippen molar-refractivity contribution in [2.24, 2.45) is 0 Å². The van der Waals surface area contributed by atoms with E-state index in [4.69, 9.17) is 22.1 Å². The topological polar surface area (TPSA) is 53.5 Å². The second-order valence-corrected chi connectivity index (χ2v) is 3.70. The molecule has 0 fully saturated rings. The van der Waals surface area contributed by atoms with Gasteiger partial charge in [0.05, 0.1) is 13.7 Å². The van der Waals surface area contributed by atoms with Gasteiger partial charge in [-0.25, -0.2) is 4.39 Å². The summed E-state index contributed by atoms with van der Waals surface area (Å²) in [6.07, 6.45) is 0. The van der Waals surface area contributed by atoms with Gasteiger partial charge in [-0.2, -0.15) is 0 Å². The average molecular weight is 258 g/mol. The predicted octanol–water partition coefficient (Wildman–Crippen LogP) is 0.791. The lowest BCUT2D eigenvalue weighted by atomic mass is 10.2. The monoisotopic (exact) mass is 258 g/mol. The highest BCUT2D eigenvalue weighted by atomic mass is 32.1. The average Bonchev–Trinajstić information content (AvgIpc) is 2.35. The van der Waals surface area contributed by atoms with Gasteiger partial charge in [-0.1, -0.05) is 0 Å². The number of rotatable bonds is 5. The van der Waals surface area contributed by atoms with Crippen LogP contribution in [0.3, 0.4) is 0 Å². The summed E-state index contributed by atoms with van der Waals surface area (Å²) in [5.41, 5.74) is 0.470. The smallest absolute Gasteiger partial charge is 0.166 e. The first-order chi connectivity index (χ1) is 8.17. The molecule has 94 valence electrons. The van der Waals surface area contributed by atoms with Crippen LogP contribution in [0, 0.1) is 5.82 Å². The third-order valence-corrected chi connectivity index (χ3v) is 2.38. The fraction of sp³-hybridized carbons (Fsp3) is 0.364. The van der Waals surface area contributed by atoms with Crippen LogP contribution in [-0.4, -0.2) is 30.5 Å². The van der Waals surface area contributed by atoms with Crippen LogP contribution in [0.15, 0.2) is 18.2 Å². The minimum atomic E-state index is -0.316. The Kier molecular flexibility index (Phi) is 5.65. The van der Waals surface area contributed by atoms with Gasteiger partial charge in [-0.3, -0.25) is 0 Å². The van der Waals surface area contributed by atoms with E-state index >= 15 is 0 Å². The zero-order valence-electron chi connectivity index (χ0n) is 9.50. The Bertz CT molecular complexity index is 388. The maximum Gasteiger partial charge on any atom is 0.166 e. The Morgan fingerprint density at radius 2 is 2.24 bits per heavy atom. The molecule has 0 radical (unpaired) electrons. The minimum Gasteiger partial charge on any atom is -0.497 e. The SMILES string of the molecule is COc1ccc(F)c(CNC(=S)NCCO)c1. The lowest BCUT2D eigenvalue weighted by molar-refractivity contribution is 0.300. The third-order valence-electron chi connectivity index (χ3n) is 2.09. The Morgan fingerprint density at radius 1 is 1.47 bits per heavy atom. The minimum absolute atomic E-state index is 0.00462. The highest BCUT2D eigenvalue weighted by molar-refractivity contribution is 7.80. The van der Waals surface area contributed by atoms with Crippen molar-refractivity contribution in [1.82, 2.24) is 10.6 Å². The predicted molar refractivity (Wildman–Crippen MR) is 67.5 cm³/mol. The summed E-state index contributed by atoms with van der Waals surface area (Å²) in [7, 11) is 1.53. The summed E-state index contributed by atoms with van der Waals surface area (Å²) >= 11 is 4.94. The first-order valence-electron chi connectivity index (χ1n) is 5.12. The lowest BCUT2D eigenvalue weighted by Gasteiger charge is -2.10. The molecule has 0 aliphatic carbocycles. The Hall–Kier alpha value is -1.40. The molecule has 1 aromatic carbocycles. The van der Waals surface area contributed by atoms with Crippen LogP contribution in [0.25, 0.3) is 0 Å². The molecule has 4 nitrogen and oxygen atoms in total. The van der Waals surface area contributed by atoms with E-state index in [0.717, 1.165) is 0 Å². The Balaban J connectivity index is 2.53. The van der Waals surface area contributed by atoms with Crippen LogP contribution >= 0.6 is 12.2 Å². The number of methoxy groups -OCH3 is 1. The third kappa shape index (κ3) is 4.54. The number of hydrogen-bond donors (Lipinski definition) is 3. The van der Waals surface area contributed by atoms with Crippen molar-refractivity contribution in [2.75, 3.05) is 20.3 Å². The molecule has 0 aliphatic heterocycles. The Labute approximate surface area is 105 Å². The van der Waals surface area contributed by atoms with E-state index in [2.05, 4.69) is 10.6 Å². The van der Waals surface area contributed by atoms with Gasteiger partial charge >= 0.3 is 0 Å². The van der Waals surface area contributed by atoms with Gasteiger partial charge in [0.1, 0.15) is 11.6 Å². The first-order valence-corrected chi connectivity index (χ1v) is 5.53. The molecule has 6 heteroatoms. The molecule has 0 atom stereocenters. The van der Waals surface area contributed by atoms with Crippen molar-refractivity contribution >= 4 is 17.3 Å². The van der Waals surface area contributed by atoms with Crippen LogP contribution in [0.4, 0.5) is 4.39 Å². The second kappa shape index (κ2) is 7.03. The maximum absolute atomic E-state index is 13.4. The molecule has 0 aromatic heterocycles. The van der Waals surface area contributed by atoms with Crippen molar-refractivity contribution in [3.63, 3.8) is 0 Å². The van der Waals surface area contributed by atoms with Crippen molar-refractivity contribution in [3.8, 4) is 5.75 Å². The number of ether oxygens (including phenoxy) is 1. The normalized spacial score (nSPS) is 9.82. The zero-order chi connectivity index (χ0) is 12.7. The van der Waals surface area contributed by atoms with Crippen molar-refractivity contribution in [3.05, 3.63) is 29.6 Å². The van der Waals surface area contributed by atoms with Gasteiger partial charge in [-0.05, 0) is 30.4 Å². The van der Waals surface area contributed by atoms with Crippen LogP contribution in [0.1, 0.15) is 5.56 Å². The molecule has 1 aromatic rings. The fourth-order valence-corrected chi connectivity index (χ4v) is 1.40. The number of thiocarbonyl (C=S) groups is 1. The summed E-state index contributed by atoms with van der Waals surface area (Å²) in [6, 6.07) is 4.51. The van der Waals surface area contributed by atoms with E-state index in [9.17, 15) is 4.39 Å². The van der Waals surface area contributed by atoms with Gasteiger partial charge < -0.3 is 20.5 Å². The summed E-state index contributed by atoms with van der Waals surface area (Å²) in [4.78, 5) is 0. The maximum atomic E-state index is 13.4. The number of halogens is 1. The van der Waals surface area contributed by atoms with E-state index in [1.165, 1.54) is 13.2 Å². The quantitative estimate of drug-likeness (QED) is 0.682. The molecule has 1 rings (SSSR count). The number of aliphatic hydroxyl groups is 1. The molecular formula is C11H15FN2O2S. The van der Waals surface area contributed by atoms with E-state index < -0.39 is 0 Å². The zero-order valence-corrected chi connectivity index (χ0v) is 10.3. The van der Waals surface area contributed by atoms with Crippen LogP contribution < -0.4 is 15.4 Å². The number of nitrogens with one attached hydrogen (secondary N) is 2. The first kappa shape index (κ1) is 13.7. The molecule has 0 bridgehead atoms. The number of benzene rings is 1. The summed E-state index contributed by atoms with van der Waals surface area (Å²) in [5.74, 6) is 0.278. The molecule has 0 amide bonds. The van der Waals surface area contributed by atoms with Crippen molar-refractivity contribution in [1.29, 1.82) is 0 Å². The van der Waals surface area contributed by atoms with Crippen molar-refractivity contribution < 1.29 is 14.2 Å². The van der Waals surface area contributed by atoms with Gasteiger partial charge in [0.15, 0.2) is 5.11 Å². The highest BCUT2D eigenvalue weighted by Gasteiger charge is 2.04. The molecule has 0 spiro atoms. The molecule has 0 heterocycles. The lowest BCUT2D eigenvalue weighted by Crippen LogP contribution is -2.36.